The van der Waals surface area contributed by atoms with Gasteiger partial charge in [0.2, 0.25) is 23.8 Å². The third kappa shape index (κ3) is 9.26. The van der Waals surface area contributed by atoms with Gasteiger partial charge in [-0.2, -0.15) is 0 Å². The lowest BCUT2D eigenvalue weighted by molar-refractivity contribution is -0.527. The van der Waals surface area contributed by atoms with E-state index >= 15 is 0 Å². The van der Waals surface area contributed by atoms with Gasteiger partial charge in [0.15, 0.2) is 6.29 Å². The standard InChI is InChI=1S/C15H27N5O7/c16-11(5-9-1-3-10(4-2-9)20(26)27)15(25)19-7-13(22)17-6-12(21)18-8-14(23)24/h9-11,14,23-24H,1-8,16H2,(H,17,22)(H,18,21)(H,19,25). The van der Waals surface area contributed by atoms with Crippen molar-refractivity contribution in [3.63, 3.8) is 0 Å². The van der Waals surface area contributed by atoms with Gasteiger partial charge in [-0.3, -0.25) is 24.5 Å². The maximum Gasteiger partial charge on any atom is 0.239 e. The van der Waals surface area contributed by atoms with Gasteiger partial charge in [0, 0.05) is 17.8 Å². The van der Waals surface area contributed by atoms with E-state index in [0.29, 0.717) is 32.1 Å². The molecule has 0 aliphatic heterocycles. The molecule has 1 rings (SSSR count). The fourth-order valence-electron chi connectivity index (χ4n) is 2.87. The van der Waals surface area contributed by atoms with Crippen molar-refractivity contribution < 1.29 is 29.5 Å². The second-order valence-corrected chi connectivity index (χ2v) is 6.58. The first-order chi connectivity index (χ1) is 12.7. The topological polar surface area (TPSA) is 197 Å². The molecule has 0 bridgehead atoms. The average molecular weight is 389 g/mol. The number of carbonyl (C=O) groups is 3. The summed E-state index contributed by atoms with van der Waals surface area (Å²) in [5.41, 5.74) is 5.83. The maximum absolute atomic E-state index is 12.0. The molecule has 12 heteroatoms. The summed E-state index contributed by atoms with van der Waals surface area (Å²) in [4.78, 5) is 45.3. The minimum atomic E-state index is -1.68. The molecule has 0 heterocycles. The molecule has 27 heavy (non-hydrogen) atoms. The van der Waals surface area contributed by atoms with Crippen LogP contribution in [0.15, 0.2) is 0 Å². The van der Waals surface area contributed by atoms with Gasteiger partial charge in [-0.25, -0.2) is 0 Å². The number of nitro groups is 1. The second kappa shape index (κ2) is 11.4. The third-order valence-electron chi connectivity index (χ3n) is 4.39. The number of nitrogens with one attached hydrogen (secondary N) is 3. The van der Waals surface area contributed by atoms with Crippen LogP contribution in [0.2, 0.25) is 0 Å². The van der Waals surface area contributed by atoms with E-state index in [-0.39, 0.29) is 30.5 Å². The van der Waals surface area contributed by atoms with Gasteiger partial charge in [-0.15, -0.1) is 0 Å². The lowest BCUT2D eigenvalue weighted by atomic mass is 9.82. The highest BCUT2D eigenvalue weighted by Gasteiger charge is 2.30. The third-order valence-corrected chi connectivity index (χ3v) is 4.39. The summed E-state index contributed by atoms with van der Waals surface area (Å²) in [7, 11) is 0. The number of hydrogen-bond acceptors (Lipinski definition) is 8. The Kier molecular flexibility index (Phi) is 9.61. The van der Waals surface area contributed by atoms with Crippen molar-refractivity contribution >= 4 is 17.7 Å². The summed E-state index contributed by atoms with van der Waals surface area (Å²) in [6.07, 6.45) is 0.951. The molecule has 1 atom stereocenters. The maximum atomic E-state index is 12.0. The first-order valence-corrected chi connectivity index (χ1v) is 8.75. The highest BCUT2D eigenvalue weighted by atomic mass is 16.6. The van der Waals surface area contributed by atoms with E-state index in [1.54, 1.807) is 0 Å². The molecule has 1 aliphatic rings. The van der Waals surface area contributed by atoms with E-state index in [1.165, 1.54) is 0 Å². The summed E-state index contributed by atoms with van der Waals surface area (Å²) >= 11 is 0. The van der Waals surface area contributed by atoms with Crippen molar-refractivity contribution in [1.29, 1.82) is 0 Å². The predicted octanol–water partition coefficient (Wildman–Crippen LogP) is -2.80. The van der Waals surface area contributed by atoms with Crippen LogP contribution in [-0.4, -0.2) is 70.9 Å². The van der Waals surface area contributed by atoms with E-state index in [9.17, 15) is 24.5 Å². The van der Waals surface area contributed by atoms with Crippen molar-refractivity contribution in [2.24, 2.45) is 11.7 Å². The highest BCUT2D eigenvalue weighted by molar-refractivity contribution is 5.89. The molecule has 0 saturated heterocycles. The van der Waals surface area contributed by atoms with Crippen LogP contribution in [0.3, 0.4) is 0 Å². The number of rotatable bonds is 10. The molecule has 1 unspecified atom stereocenters. The molecule has 1 saturated carbocycles. The van der Waals surface area contributed by atoms with Gasteiger partial charge in [-0.05, 0) is 25.2 Å². The molecule has 0 aromatic rings. The van der Waals surface area contributed by atoms with Crippen LogP contribution in [0, 0.1) is 16.0 Å². The lowest BCUT2D eigenvalue weighted by Gasteiger charge is -2.25. The minimum absolute atomic E-state index is 0.140. The molecule has 12 nitrogen and oxygen atoms in total. The Morgan fingerprint density at radius 3 is 2.15 bits per heavy atom. The Bertz CT molecular complexity index is 535. The molecule has 0 spiro atoms. The van der Waals surface area contributed by atoms with Crippen LogP contribution in [-0.2, 0) is 14.4 Å². The molecule has 0 radical (unpaired) electrons. The van der Waals surface area contributed by atoms with E-state index in [0.717, 1.165) is 0 Å². The zero-order chi connectivity index (χ0) is 20.4. The molecule has 1 aliphatic carbocycles. The summed E-state index contributed by atoms with van der Waals surface area (Å²) in [6.45, 7) is -1.08. The summed E-state index contributed by atoms with van der Waals surface area (Å²) in [5, 5.41) is 34.7. The first kappa shape index (κ1) is 22.7. The number of aliphatic hydroxyl groups is 2. The van der Waals surface area contributed by atoms with Gasteiger partial charge >= 0.3 is 0 Å². The molecular formula is C15H27N5O7. The van der Waals surface area contributed by atoms with E-state index in [1.807, 2.05) is 0 Å². The highest BCUT2D eigenvalue weighted by Crippen LogP contribution is 2.28. The number of aliphatic hydroxyl groups excluding tert-OH is 1. The van der Waals surface area contributed by atoms with E-state index in [2.05, 4.69) is 16.0 Å². The zero-order valence-electron chi connectivity index (χ0n) is 14.9. The van der Waals surface area contributed by atoms with Crippen LogP contribution < -0.4 is 21.7 Å². The number of nitrogens with zero attached hydrogens (tertiary/aromatic N) is 1. The van der Waals surface area contributed by atoms with Gasteiger partial charge in [0.1, 0.15) is 0 Å². The van der Waals surface area contributed by atoms with Crippen LogP contribution in [0.4, 0.5) is 0 Å². The number of carbonyl (C=O) groups excluding carboxylic acids is 3. The van der Waals surface area contributed by atoms with Crippen LogP contribution in [0.1, 0.15) is 32.1 Å². The summed E-state index contributed by atoms with van der Waals surface area (Å²) < 4.78 is 0. The smallest absolute Gasteiger partial charge is 0.239 e. The first-order valence-electron chi connectivity index (χ1n) is 8.75. The average Bonchev–Trinajstić information content (AvgIpc) is 2.62. The fourth-order valence-corrected chi connectivity index (χ4v) is 2.87. The molecule has 154 valence electrons. The number of amides is 3. The van der Waals surface area contributed by atoms with Crippen LogP contribution in [0.25, 0.3) is 0 Å². The lowest BCUT2D eigenvalue weighted by Crippen LogP contribution is -2.47. The van der Waals surface area contributed by atoms with Crippen molar-refractivity contribution in [1.82, 2.24) is 16.0 Å². The Morgan fingerprint density at radius 2 is 1.59 bits per heavy atom. The Hall–Kier alpha value is -2.31. The van der Waals surface area contributed by atoms with Crippen molar-refractivity contribution in [2.45, 2.75) is 50.5 Å². The Balaban J connectivity index is 2.20. The normalized spacial score (nSPS) is 20.6. The second-order valence-electron chi connectivity index (χ2n) is 6.58. The van der Waals surface area contributed by atoms with Gasteiger partial charge in [-0.1, -0.05) is 0 Å². The molecule has 3 amide bonds. The van der Waals surface area contributed by atoms with Crippen LogP contribution in [0.5, 0.6) is 0 Å². The molecular weight excluding hydrogens is 362 g/mol. The fraction of sp³-hybridized carbons (Fsp3) is 0.800. The van der Waals surface area contributed by atoms with Crippen molar-refractivity contribution in [3.8, 4) is 0 Å². The van der Waals surface area contributed by atoms with Crippen LogP contribution >= 0.6 is 0 Å². The van der Waals surface area contributed by atoms with E-state index < -0.39 is 36.1 Å². The number of nitrogens with two attached hydrogens (primary N) is 1. The predicted molar refractivity (Wildman–Crippen MR) is 92.6 cm³/mol. The van der Waals surface area contributed by atoms with Crippen molar-refractivity contribution in [3.05, 3.63) is 10.1 Å². The summed E-state index contributed by atoms with van der Waals surface area (Å²) in [6, 6.07) is -1.34. The molecule has 7 N–H and O–H groups in total. The molecule has 1 fully saturated rings. The van der Waals surface area contributed by atoms with Crippen molar-refractivity contribution in [2.75, 3.05) is 19.6 Å². The Labute approximate surface area is 156 Å². The van der Waals surface area contributed by atoms with Gasteiger partial charge < -0.3 is 31.9 Å². The van der Waals surface area contributed by atoms with Gasteiger partial charge in [0.25, 0.3) is 0 Å². The SMILES string of the molecule is NC(CC1CCC([N+](=O)[O-])CC1)C(=O)NCC(=O)NCC(=O)NCC(O)O. The molecule has 0 aromatic carbocycles. The van der Waals surface area contributed by atoms with Gasteiger partial charge in [0.05, 0.1) is 25.7 Å². The minimum Gasteiger partial charge on any atom is -0.367 e. The number of hydrogen-bond donors (Lipinski definition) is 6. The largest absolute Gasteiger partial charge is 0.367 e. The molecule has 0 aromatic heterocycles. The van der Waals surface area contributed by atoms with E-state index in [4.69, 9.17) is 15.9 Å². The zero-order valence-corrected chi connectivity index (χ0v) is 14.9. The Morgan fingerprint density at radius 1 is 1.04 bits per heavy atom. The quantitative estimate of drug-likeness (QED) is 0.131. The monoisotopic (exact) mass is 389 g/mol. The summed E-state index contributed by atoms with van der Waals surface area (Å²) in [5.74, 6) is -1.57.